The van der Waals surface area contributed by atoms with E-state index in [1.807, 2.05) is 30.3 Å². The van der Waals surface area contributed by atoms with E-state index in [-0.39, 0.29) is 30.3 Å². The van der Waals surface area contributed by atoms with E-state index in [0.717, 1.165) is 16.1 Å². The average Bonchev–Trinajstić information content (AvgIpc) is 2.86. The first-order valence-corrected chi connectivity index (χ1v) is 14.7. The lowest BCUT2D eigenvalue weighted by atomic mass is 10.0. The minimum Gasteiger partial charge on any atom is -0.352 e. The van der Waals surface area contributed by atoms with Gasteiger partial charge in [0.1, 0.15) is 18.4 Å². The molecule has 0 saturated heterocycles. The van der Waals surface area contributed by atoms with Crippen molar-refractivity contribution in [2.24, 2.45) is 0 Å². The summed E-state index contributed by atoms with van der Waals surface area (Å²) in [6.45, 7) is 4.47. The van der Waals surface area contributed by atoms with Gasteiger partial charge in [-0.05, 0) is 50.1 Å². The third-order valence-corrected chi connectivity index (χ3v) is 7.48. The Morgan fingerprint density at radius 2 is 1.64 bits per heavy atom. The third kappa shape index (κ3) is 8.28. The number of amides is 2. The molecule has 0 spiro atoms. The van der Waals surface area contributed by atoms with E-state index >= 15 is 0 Å². The number of benzene rings is 3. The van der Waals surface area contributed by atoms with Gasteiger partial charge >= 0.3 is 0 Å². The standard InChI is InChI=1S/C29H33ClFN3O4S/c1-20(2)32-29(36)27(16-22-10-6-5-7-11-22)33(18-23-12-8-9-13-25(23)31)28(35)19-34(39(4,37)38)26-17-24(30)15-14-21(26)3/h5-15,17,20,27H,16,18-19H2,1-4H3,(H,32,36)/t27-/m0/s1. The van der Waals surface area contributed by atoms with Crippen LogP contribution in [0.2, 0.25) is 5.02 Å². The minimum atomic E-state index is -3.94. The highest BCUT2D eigenvalue weighted by Crippen LogP contribution is 2.27. The Kier molecular flexibility index (Phi) is 10.1. The largest absolute Gasteiger partial charge is 0.352 e. The Hall–Kier alpha value is -3.43. The fourth-order valence-corrected chi connectivity index (χ4v) is 5.26. The number of sulfonamides is 1. The van der Waals surface area contributed by atoms with E-state index in [0.29, 0.717) is 10.6 Å². The molecule has 0 fully saturated rings. The Morgan fingerprint density at radius 3 is 2.26 bits per heavy atom. The SMILES string of the molecule is Cc1ccc(Cl)cc1N(CC(=O)N(Cc1ccccc1F)[C@@H](Cc1ccccc1)C(=O)NC(C)C)S(C)(=O)=O. The van der Waals surface area contributed by atoms with Crippen LogP contribution in [0.3, 0.4) is 0 Å². The van der Waals surface area contributed by atoms with Crippen LogP contribution in [0, 0.1) is 12.7 Å². The molecule has 3 rings (SSSR count). The molecule has 2 amide bonds. The number of carbonyl (C=O) groups is 2. The summed E-state index contributed by atoms with van der Waals surface area (Å²) in [7, 11) is -3.94. The van der Waals surface area contributed by atoms with Crippen molar-refractivity contribution in [3.63, 3.8) is 0 Å². The number of carbonyl (C=O) groups excluding carboxylic acids is 2. The first-order chi connectivity index (χ1) is 18.4. The molecule has 0 unspecified atom stereocenters. The summed E-state index contributed by atoms with van der Waals surface area (Å²) in [5.41, 5.74) is 1.83. The first-order valence-electron chi connectivity index (χ1n) is 12.5. The van der Waals surface area contributed by atoms with Crippen LogP contribution in [0.25, 0.3) is 0 Å². The molecule has 39 heavy (non-hydrogen) atoms. The quantitative estimate of drug-likeness (QED) is 0.360. The smallest absolute Gasteiger partial charge is 0.244 e. The molecule has 0 aliphatic heterocycles. The zero-order chi connectivity index (χ0) is 28.7. The summed E-state index contributed by atoms with van der Waals surface area (Å²) in [5, 5.41) is 3.16. The van der Waals surface area contributed by atoms with Crippen molar-refractivity contribution in [1.82, 2.24) is 10.2 Å². The first kappa shape index (κ1) is 30.1. The van der Waals surface area contributed by atoms with Crippen molar-refractivity contribution >= 4 is 39.1 Å². The van der Waals surface area contributed by atoms with Crippen LogP contribution in [0.1, 0.15) is 30.5 Å². The Bertz CT molecular complexity index is 1420. The van der Waals surface area contributed by atoms with E-state index in [2.05, 4.69) is 5.32 Å². The van der Waals surface area contributed by atoms with Crippen molar-refractivity contribution in [1.29, 1.82) is 0 Å². The topological polar surface area (TPSA) is 86.8 Å². The summed E-state index contributed by atoms with van der Waals surface area (Å²) >= 11 is 6.15. The summed E-state index contributed by atoms with van der Waals surface area (Å²) in [6, 6.07) is 18.6. The Labute approximate surface area is 234 Å². The summed E-state index contributed by atoms with van der Waals surface area (Å²) < 4.78 is 41.5. The van der Waals surface area contributed by atoms with Crippen LogP contribution in [-0.2, 0) is 32.6 Å². The molecule has 1 N–H and O–H groups in total. The second-order valence-corrected chi connectivity index (χ2v) is 12.0. The molecule has 7 nitrogen and oxygen atoms in total. The highest BCUT2D eigenvalue weighted by Gasteiger charge is 2.34. The maximum atomic E-state index is 14.8. The third-order valence-electron chi connectivity index (χ3n) is 6.12. The van der Waals surface area contributed by atoms with Gasteiger partial charge in [-0.3, -0.25) is 13.9 Å². The lowest BCUT2D eigenvalue weighted by Gasteiger charge is -2.34. The fraction of sp³-hybridized carbons (Fsp3) is 0.310. The van der Waals surface area contributed by atoms with Crippen molar-refractivity contribution in [3.8, 4) is 0 Å². The van der Waals surface area contributed by atoms with Crippen LogP contribution in [0.5, 0.6) is 0 Å². The lowest BCUT2D eigenvalue weighted by Crippen LogP contribution is -2.54. The molecule has 10 heteroatoms. The van der Waals surface area contributed by atoms with Crippen LogP contribution in [0.4, 0.5) is 10.1 Å². The second kappa shape index (κ2) is 13.1. The Morgan fingerprint density at radius 1 is 1.00 bits per heavy atom. The fourth-order valence-electron chi connectivity index (χ4n) is 4.19. The molecule has 208 valence electrons. The van der Waals surface area contributed by atoms with Crippen molar-refractivity contribution in [2.45, 2.75) is 45.8 Å². The number of anilines is 1. The van der Waals surface area contributed by atoms with Crippen molar-refractivity contribution in [2.75, 3.05) is 17.1 Å². The van der Waals surface area contributed by atoms with Gasteiger partial charge in [0.25, 0.3) is 0 Å². The molecule has 0 radical (unpaired) electrons. The van der Waals surface area contributed by atoms with Gasteiger partial charge in [-0.15, -0.1) is 0 Å². The molecule has 0 bridgehead atoms. The predicted molar refractivity (Wildman–Crippen MR) is 153 cm³/mol. The van der Waals surface area contributed by atoms with Crippen LogP contribution in [-0.4, -0.2) is 50.0 Å². The van der Waals surface area contributed by atoms with Crippen LogP contribution in [0.15, 0.2) is 72.8 Å². The molecule has 1 atom stereocenters. The molecule has 0 aromatic heterocycles. The number of nitrogens with zero attached hydrogens (tertiary/aromatic N) is 2. The van der Waals surface area contributed by atoms with Crippen molar-refractivity contribution < 1.29 is 22.4 Å². The molecule has 0 aliphatic carbocycles. The van der Waals surface area contributed by atoms with Gasteiger partial charge < -0.3 is 10.2 Å². The molecule has 0 saturated carbocycles. The van der Waals surface area contributed by atoms with E-state index in [1.165, 1.54) is 29.2 Å². The van der Waals surface area contributed by atoms with Gasteiger partial charge in [-0.25, -0.2) is 12.8 Å². The van der Waals surface area contributed by atoms with E-state index in [1.54, 1.807) is 39.0 Å². The zero-order valence-corrected chi connectivity index (χ0v) is 24.0. The Balaban J connectivity index is 2.09. The normalized spacial score (nSPS) is 12.2. The molecule has 3 aromatic carbocycles. The maximum absolute atomic E-state index is 14.8. The highest BCUT2D eigenvalue weighted by atomic mass is 35.5. The number of halogens is 2. The van der Waals surface area contributed by atoms with Gasteiger partial charge in [0.05, 0.1) is 11.9 Å². The van der Waals surface area contributed by atoms with Gasteiger partial charge in [0.2, 0.25) is 21.8 Å². The summed E-state index contributed by atoms with van der Waals surface area (Å²) in [5.74, 6) is -1.63. The number of nitrogens with one attached hydrogen (secondary N) is 1. The number of hydrogen-bond donors (Lipinski definition) is 1. The molecular formula is C29H33ClFN3O4S. The molecule has 0 aliphatic rings. The van der Waals surface area contributed by atoms with E-state index < -0.39 is 40.2 Å². The van der Waals surface area contributed by atoms with Crippen LogP contribution >= 0.6 is 11.6 Å². The van der Waals surface area contributed by atoms with Gasteiger partial charge in [0, 0.05) is 29.6 Å². The number of aryl methyl sites for hydroxylation is 1. The zero-order valence-electron chi connectivity index (χ0n) is 22.4. The average molecular weight is 574 g/mol. The number of rotatable bonds is 11. The second-order valence-electron chi connectivity index (χ2n) is 9.68. The van der Waals surface area contributed by atoms with Gasteiger partial charge in [-0.1, -0.05) is 66.2 Å². The lowest BCUT2D eigenvalue weighted by molar-refractivity contribution is -0.140. The number of hydrogen-bond acceptors (Lipinski definition) is 4. The highest BCUT2D eigenvalue weighted by molar-refractivity contribution is 7.92. The van der Waals surface area contributed by atoms with Crippen LogP contribution < -0.4 is 9.62 Å². The molecule has 0 heterocycles. The molecular weight excluding hydrogens is 541 g/mol. The van der Waals surface area contributed by atoms with Gasteiger partial charge in [-0.2, -0.15) is 0 Å². The van der Waals surface area contributed by atoms with E-state index in [4.69, 9.17) is 11.6 Å². The predicted octanol–water partition coefficient (Wildman–Crippen LogP) is 4.72. The summed E-state index contributed by atoms with van der Waals surface area (Å²) in [4.78, 5) is 28.7. The van der Waals surface area contributed by atoms with Gasteiger partial charge in [0.15, 0.2) is 0 Å². The monoisotopic (exact) mass is 573 g/mol. The van der Waals surface area contributed by atoms with E-state index in [9.17, 15) is 22.4 Å². The summed E-state index contributed by atoms with van der Waals surface area (Å²) in [6.07, 6.45) is 1.14. The maximum Gasteiger partial charge on any atom is 0.244 e. The molecule has 3 aromatic rings. The van der Waals surface area contributed by atoms with Crippen molar-refractivity contribution in [3.05, 3.63) is 100 Å². The minimum absolute atomic E-state index is 0.147.